The number of nitrogens with zero attached hydrogens (tertiary/aromatic N) is 1. The van der Waals surface area contributed by atoms with E-state index in [2.05, 4.69) is 18.7 Å². The summed E-state index contributed by atoms with van der Waals surface area (Å²) in [6.45, 7) is 6.22. The molecule has 1 aliphatic heterocycles. The third-order valence-electron chi connectivity index (χ3n) is 6.29. The van der Waals surface area contributed by atoms with Gasteiger partial charge < -0.3 is 10.2 Å². The van der Waals surface area contributed by atoms with E-state index >= 15 is 0 Å². The quantitative estimate of drug-likeness (QED) is 0.636. The van der Waals surface area contributed by atoms with Crippen LogP contribution >= 0.6 is 0 Å². The second-order valence-electron chi connectivity index (χ2n) is 8.73. The van der Waals surface area contributed by atoms with Crippen LogP contribution in [0.4, 0.5) is 24.5 Å². The summed E-state index contributed by atoms with van der Waals surface area (Å²) in [5, 5.41) is 2.01. The van der Waals surface area contributed by atoms with Crippen molar-refractivity contribution in [3.05, 3.63) is 23.8 Å². The molecule has 0 aromatic heterocycles. The van der Waals surface area contributed by atoms with E-state index in [4.69, 9.17) is 0 Å². The lowest BCUT2D eigenvalue weighted by molar-refractivity contribution is -0.167. The minimum atomic E-state index is -4.88. The smallest absolute Gasteiger partial charge is 0.370 e. The number of halogens is 3. The predicted molar refractivity (Wildman–Crippen MR) is 107 cm³/mol. The van der Waals surface area contributed by atoms with Crippen molar-refractivity contribution in [1.29, 1.82) is 0 Å². The number of fused-ring (bicyclic) bond motifs is 1. The first-order valence-electron chi connectivity index (χ1n) is 10.5. The fraction of sp³-hybridized carbons (Fsp3) is 0.682. The highest BCUT2D eigenvalue weighted by Gasteiger charge is 2.41. The van der Waals surface area contributed by atoms with Crippen molar-refractivity contribution in [2.45, 2.75) is 76.8 Å². The molecule has 156 valence electrons. The summed E-state index contributed by atoms with van der Waals surface area (Å²) in [6.07, 6.45) is 4.83. The molecule has 1 aliphatic carbocycles. The topological polar surface area (TPSA) is 32.3 Å². The monoisotopic (exact) mass is 396 g/mol. The molecule has 1 fully saturated rings. The number of amides is 1. The third-order valence-corrected chi connectivity index (χ3v) is 6.29. The van der Waals surface area contributed by atoms with Crippen LogP contribution in [0, 0.1) is 5.92 Å². The molecule has 1 amide bonds. The second kappa shape index (κ2) is 8.34. The van der Waals surface area contributed by atoms with Crippen LogP contribution in [0.2, 0.25) is 0 Å². The van der Waals surface area contributed by atoms with Gasteiger partial charge in [-0.1, -0.05) is 58.4 Å². The molecule has 28 heavy (non-hydrogen) atoms. The Bertz CT molecular complexity index is 698. The molecule has 1 aromatic carbocycles. The fourth-order valence-electron chi connectivity index (χ4n) is 4.93. The molecule has 3 nitrogen and oxygen atoms in total. The summed E-state index contributed by atoms with van der Waals surface area (Å²) >= 11 is 0. The van der Waals surface area contributed by atoms with Crippen LogP contribution in [-0.4, -0.2) is 25.2 Å². The van der Waals surface area contributed by atoms with Crippen molar-refractivity contribution >= 4 is 17.3 Å². The molecule has 0 saturated heterocycles. The number of hydrogen-bond donors (Lipinski definition) is 1. The summed E-state index contributed by atoms with van der Waals surface area (Å²) in [6, 6.07) is 5.27. The van der Waals surface area contributed by atoms with Crippen molar-refractivity contribution < 1.29 is 18.0 Å². The number of anilines is 2. The van der Waals surface area contributed by atoms with E-state index in [0.29, 0.717) is 0 Å². The van der Waals surface area contributed by atoms with Crippen LogP contribution in [-0.2, 0) is 10.2 Å². The Labute approximate surface area is 165 Å². The van der Waals surface area contributed by atoms with Crippen molar-refractivity contribution in [2.24, 2.45) is 5.92 Å². The molecule has 1 N–H and O–H groups in total. The first-order valence-corrected chi connectivity index (χ1v) is 10.5. The van der Waals surface area contributed by atoms with Crippen LogP contribution in [0.25, 0.3) is 0 Å². The zero-order valence-corrected chi connectivity index (χ0v) is 16.9. The van der Waals surface area contributed by atoms with E-state index in [1.165, 1.54) is 37.7 Å². The Morgan fingerprint density at radius 3 is 2.61 bits per heavy atom. The van der Waals surface area contributed by atoms with Gasteiger partial charge in [0.1, 0.15) is 0 Å². The van der Waals surface area contributed by atoms with Crippen LogP contribution in [0.5, 0.6) is 0 Å². The van der Waals surface area contributed by atoms with Gasteiger partial charge in [0.2, 0.25) is 0 Å². The number of carbonyl (C=O) groups is 1. The summed E-state index contributed by atoms with van der Waals surface area (Å²) in [7, 11) is 0. The van der Waals surface area contributed by atoms with Gasteiger partial charge in [0.25, 0.3) is 0 Å². The Hall–Kier alpha value is -1.72. The van der Waals surface area contributed by atoms with Gasteiger partial charge in [-0.15, -0.1) is 0 Å². The lowest BCUT2D eigenvalue weighted by Crippen LogP contribution is -2.33. The highest BCUT2D eigenvalue weighted by molar-refractivity contribution is 5.95. The highest BCUT2D eigenvalue weighted by atomic mass is 19.4. The van der Waals surface area contributed by atoms with Crippen molar-refractivity contribution in [1.82, 2.24) is 0 Å². The number of rotatable bonds is 6. The van der Waals surface area contributed by atoms with Crippen LogP contribution in [0.3, 0.4) is 0 Å². The number of nitrogens with one attached hydrogen (secondary N) is 1. The standard InChI is InChI=1S/C22H31F3N2O/c1-3-4-12-27-15-21(2,14-16-8-6-5-7-9-16)18-11-10-17(13-19(18)27)26-20(28)22(23,24)25/h10-11,13,16H,3-9,12,14-15H2,1-2H3,(H,26,28). The molecule has 1 heterocycles. The Morgan fingerprint density at radius 2 is 1.96 bits per heavy atom. The fourth-order valence-corrected chi connectivity index (χ4v) is 4.93. The second-order valence-corrected chi connectivity index (χ2v) is 8.73. The van der Waals surface area contributed by atoms with Gasteiger partial charge in [0.05, 0.1) is 0 Å². The SMILES string of the molecule is CCCCN1CC(C)(CC2CCCCC2)c2ccc(NC(=O)C(F)(F)F)cc21. The molecule has 1 aromatic rings. The predicted octanol–water partition coefficient (Wildman–Crippen LogP) is 6.04. The molecule has 1 atom stereocenters. The Balaban J connectivity index is 1.85. The number of alkyl halides is 3. The van der Waals surface area contributed by atoms with Crippen molar-refractivity contribution in [2.75, 3.05) is 23.3 Å². The zero-order chi connectivity index (χ0) is 20.4. The Kier molecular flexibility index (Phi) is 6.25. The minimum Gasteiger partial charge on any atom is -0.370 e. The number of unbranched alkanes of at least 4 members (excludes halogenated alkanes) is 1. The largest absolute Gasteiger partial charge is 0.471 e. The van der Waals surface area contributed by atoms with Gasteiger partial charge >= 0.3 is 12.1 Å². The lowest BCUT2D eigenvalue weighted by atomic mass is 9.73. The maximum Gasteiger partial charge on any atom is 0.471 e. The number of benzene rings is 1. The molecular formula is C22H31F3N2O. The van der Waals surface area contributed by atoms with Crippen LogP contribution in [0.1, 0.15) is 70.8 Å². The van der Waals surface area contributed by atoms with E-state index in [-0.39, 0.29) is 11.1 Å². The highest BCUT2D eigenvalue weighted by Crippen LogP contribution is 2.47. The normalized spacial score (nSPS) is 23.0. The molecule has 0 bridgehead atoms. The third kappa shape index (κ3) is 4.64. The summed E-state index contributed by atoms with van der Waals surface area (Å²) in [4.78, 5) is 13.6. The summed E-state index contributed by atoms with van der Waals surface area (Å²) < 4.78 is 37.8. The average Bonchev–Trinajstić information content (AvgIpc) is 2.91. The molecule has 1 saturated carbocycles. The number of hydrogen-bond acceptors (Lipinski definition) is 2. The van der Waals surface area contributed by atoms with E-state index in [1.54, 1.807) is 12.1 Å². The van der Waals surface area contributed by atoms with Crippen molar-refractivity contribution in [3.8, 4) is 0 Å². The van der Waals surface area contributed by atoms with Gasteiger partial charge in [-0.05, 0) is 36.5 Å². The molecule has 6 heteroatoms. The Morgan fingerprint density at radius 1 is 1.25 bits per heavy atom. The van der Waals surface area contributed by atoms with Crippen molar-refractivity contribution in [3.63, 3.8) is 0 Å². The summed E-state index contributed by atoms with van der Waals surface area (Å²) in [5.41, 5.74) is 2.41. The van der Waals surface area contributed by atoms with E-state index in [1.807, 2.05) is 11.4 Å². The van der Waals surface area contributed by atoms with Gasteiger partial charge in [0, 0.05) is 29.9 Å². The molecule has 0 radical (unpaired) electrons. The molecule has 2 aliphatic rings. The zero-order valence-electron chi connectivity index (χ0n) is 16.9. The maximum atomic E-state index is 12.6. The van der Waals surface area contributed by atoms with E-state index in [9.17, 15) is 18.0 Å². The van der Waals surface area contributed by atoms with Crippen LogP contribution in [0.15, 0.2) is 18.2 Å². The molecule has 1 unspecified atom stereocenters. The van der Waals surface area contributed by atoms with E-state index in [0.717, 1.165) is 44.0 Å². The van der Waals surface area contributed by atoms with E-state index < -0.39 is 12.1 Å². The van der Waals surface area contributed by atoms with Gasteiger partial charge in [0.15, 0.2) is 0 Å². The maximum absolute atomic E-state index is 12.6. The number of carbonyl (C=O) groups excluding carboxylic acids is 1. The molecule has 3 rings (SSSR count). The van der Waals surface area contributed by atoms with Gasteiger partial charge in [-0.2, -0.15) is 13.2 Å². The van der Waals surface area contributed by atoms with Gasteiger partial charge in [-0.3, -0.25) is 4.79 Å². The lowest BCUT2D eigenvalue weighted by Gasteiger charge is -2.32. The van der Waals surface area contributed by atoms with Crippen LogP contribution < -0.4 is 10.2 Å². The summed E-state index contributed by atoms with van der Waals surface area (Å²) in [5.74, 6) is -1.20. The first kappa shape index (κ1) is 21.0. The first-order chi connectivity index (χ1) is 13.2. The molecular weight excluding hydrogens is 365 g/mol. The average molecular weight is 396 g/mol. The van der Waals surface area contributed by atoms with Gasteiger partial charge in [-0.25, -0.2) is 0 Å². The minimum absolute atomic E-state index is 0.0116. The molecule has 0 spiro atoms.